The Balaban J connectivity index is 1.75. The van der Waals surface area contributed by atoms with Gasteiger partial charge in [0.15, 0.2) is 11.5 Å². The average Bonchev–Trinajstić information content (AvgIpc) is 2.98. The highest BCUT2D eigenvalue weighted by atomic mass is 16.5. The molecule has 0 spiro atoms. The zero-order valence-corrected chi connectivity index (χ0v) is 11.3. The second-order valence-electron chi connectivity index (χ2n) is 4.91. The van der Waals surface area contributed by atoms with Crippen LogP contribution in [0.1, 0.15) is 10.5 Å². The van der Waals surface area contributed by atoms with E-state index in [0.717, 1.165) is 31.7 Å². The van der Waals surface area contributed by atoms with Crippen LogP contribution in [0.2, 0.25) is 0 Å². The lowest BCUT2D eigenvalue weighted by Gasteiger charge is -2.31. The first-order valence-corrected chi connectivity index (χ1v) is 6.59. The minimum atomic E-state index is -0.0722. The summed E-state index contributed by atoms with van der Waals surface area (Å²) < 4.78 is 5.24. The second kappa shape index (κ2) is 5.42. The minimum Gasteiger partial charge on any atom is -0.355 e. The van der Waals surface area contributed by atoms with Crippen molar-refractivity contribution in [1.82, 2.24) is 19.9 Å². The number of hydrogen-bond donors (Lipinski definition) is 0. The maximum Gasteiger partial charge on any atom is 0.276 e. The van der Waals surface area contributed by atoms with Crippen LogP contribution in [0.3, 0.4) is 0 Å². The van der Waals surface area contributed by atoms with Crippen molar-refractivity contribution >= 4 is 5.91 Å². The monoisotopic (exact) mass is 272 g/mol. The Morgan fingerprint density at radius 1 is 1.30 bits per heavy atom. The summed E-state index contributed by atoms with van der Waals surface area (Å²) in [6.07, 6.45) is 3.38. The second-order valence-corrected chi connectivity index (χ2v) is 4.91. The van der Waals surface area contributed by atoms with Crippen molar-refractivity contribution in [3.63, 3.8) is 0 Å². The van der Waals surface area contributed by atoms with Crippen molar-refractivity contribution in [2.45, 2.75) is 0 Å². The molecular formula is C14H16N4O2. The Labute approximate surface area is 117 Å². The maximum atomic E-state index is 12.3. The van der Waals surface area contributed by atoms with E-state index in [4.69, 9.17) is 4.52 Å². The van der Waals surface area contributed by atoms with Gasteiger partial charge in [-0.25, -0.2) is 0 Å². The van der Waals surface area contributed by atoms with Gasteiger partial charge in [-0.1, -0.05) is 5.16 Å². The third-order valence-electron chi connectivity index (χ3n) is 3.47. The number of amides is 1. The molecular weight excluding hydrogens is 256 g/mol. The quantitative estimate of drug-likeness (QED) is 0.820. The first kappa shape index (κ1) is 12.8. The summed E-state index contributed by atoms with van der Waals surface area (Å²) in [7, 11) is 2.05. The van der Waals surface area contributed by atoms with Gasteiger partial charge in [0, 0.05) is 50.2 Å². The molecule has 0 N–H and O–H groups in total. The Morgan fingerprint density at radius 3 is 2.80 bits per heavy atom. The van der Waals surface area contributed by atoms with Crippen LogP contribution in [0.5, 0.6) is 0 Å². The number of likely N-dealkylation sites (N-methyl/N-ethyl adjacent to an activating group) is 1. The molecule has 1 fully saturated rings. The van der Waals surface area contributed by atoms with Crippen LogP contribution in [-0.4, -0.2) is 59.1 Å². The molecule has 0 aliphatic carbocycles. The topological polar surface area (TPSA) is 62.5 Å². The van der Waals surface area contributed by atoms with Crippen molar-refractivity contribution in [2.24, 2.45) is 0 Å². The fourth-order valence-corrected chi connectivity index (χ4v) is 2.19. The minimum absolute atomic E-state index is 0.0722. The van der Waals surface area contributed by atoms with E-state index in [2.05, 4.69) is 22.1 Å². The van der Waals surface area contributed by atoms with Gasteiger partial charge >= 0.3 is 0 Å². The Kier molecular flexibility index (Phi) is 3.47. The smallest absolute Gasteiger partial charge is 0.276 e. The number of carbonyl (C=O) groups is 1. The SMILES string of the molecule is CN1CCN(C(=O)c2cc(-c3cccnc3)on2)CC1. The van der Waals surface area contributed by atoms with Crippen molar-refractivity contribution in [2.75, 3.05) is 33.2 Å². The van der Waals surface area contributed by atoms with Gasteiger partial charge in [-0.3, -0.25) is 9.78 Å². The molecule has 104 valence electrons. The highest BCUT2D eigenvalue weighted by Gasteiger charge is 2.23. The number of rotatable bonds is 2. The molecule has 2 aromatic rings. The fourth-order valence-electron chi connectivity index (χ4n) is 2.19. The number of nitrogens with zero attached hydrogens (tertiary/aromatic N) is 4. The summed E-state index contributed by atoms with van der Waals surface area (Å²) in [6, 6.07) is 5.37. The lowest BCUT2D eigenvalue weighted by Crippen LogP contribution is -2.47. The molecule has 3 heterocycles. The first-order chi connectivity index (χ1) is 9.74. The Bertz CT molecular complexity index is 588. The van der Waals surface area contributed by atoms with Gasteiger partial charge < -0.3 is 14.3 Å². The number of pyridine rings is 1. The van der Waals surface area contributed by atoms with E-state index in [9.17, 15) is 4.79 Å². The third kappa shape index (κ3) is 2.55. The summed E-state index contributed by atoms with van der Waals surface area (Å²) >= 11 is 0. The fraction of sp³-hybridized carbons (Fsp3) is 0.357. The largest absolute Gasteiger partial charge is 0.355 e. The van der Waals surface area contributed by atoms with Gasteiger partial charge in [0.1, 0.15) is 0 Å². The van der Waals surface area contributed by atoms with Crippen molar-refractivity contribution in [1.29, 1.82) is 0 Å². The van der Waals surface area contributed by atoms with E-state index in [-0.39, 0.29) is 5.91 Å². The molecule has 0 saturated carbocycles. The van der Waals surface area contributed by atoms with Crippen LogP contribution >= 0.6 is 0 Å². The molecule has 0 bridgehead atoms. The molecule has 6 nitrogen and oxygen atoms in total. The van der Waals surface area contributed by atoms with Gasteiger partial charge in [0.2, 0.25) is 0 Å². The normalized spacial score (nSPS) is 16.4. The number of piperazine rings is 1. The third-order valence-corrected chi connectivity index (χ3v) is 3.47. The first-order valence-electron chi connectivity index (χ1n) is 6.59. The van der Waals surface area contributed by atoms with Crippen molar-refractivity contribution in [3.05, 3.63) is 36.3 Å². The predicted octanol–water partition coefficient (Wildman–Crippen LogP) is 1.12. The number of hydrogen-bond acceptors (Lipinski definition) is 5. The number of aromatic nitrogens is 2. The standard InChI is InChI=1S/C14H16N4O2/c1-17-5-7-18(8-6-17)14(19)12-9-13(20-16-12)11-3-2-4-15-10-11/h2-4,9-10H,5-8H2,1H3. The average molecular weight is 272 g/mol. The molecule has 0 radical (unpaired) electrons. The van der Waals surface area contributed by atoms with E-state index in [1.165, 1.54) is 0 Å². The molecule has 2 aromatic heterocycles. The highest BCUT2D eigenvalue weighted by Crippen LogP contribution is 2.19. The van der Waals surface area contributed by atoms with Gasteiger partial charge in [-0.15, -0.1) is 0 Å². The van der Waals surface area contributed by atoms with Crippen LogP contribution in [-0.2, 0) is 0 Å². The molecule has 1 amide bonds. The highest BCUT2D eigenvalue weighted by molar-refractivity contribution is 5.93. The molecule has 1 saturated heterocycles. The lowest BCUT2D eigenvalue weighted by atomic mass is 10.2. The van der Waals surface area contributed by atoms with Gasteiger partial charge in [-0.2, -0.15) is 0 Å². The summed E-state index contributed by atoms with van der Waals surface area (Å²) in [4.78, 5) is 20.4. The molecule has 1 aliphatic rings. The molecule has 20 heavy (non-hydrogen) atoms. The van der Waals surface area contributed by atoms with Crippen molar-refractivity contribution < 1.29 is 9.32 Å². The van der Waals surface area contributed by atoms with E-state index in [0.29, 0.717) is 11.5 Å². The van der Waals surface area contributed by atoms with Gasteiger partial charge in [0.25, 0.3) is 5.91 Å². The van der Waals surface area contributed by atoms with E-state index in [1.54, 1.807) is 18.5 Å². The zero-order valence-electron chi connectivity index (χ0n) is 11.3. The number of carbonyl (C=O) groups excluding carboxylic acids is 1. The summed E-state index contributed by atoms with van der Waals surface area (Å²) in [5.74, 6) is 0.493. The molecule has 0 atom stereocenters. The Morgan fingerprint density at radius 2 is 2.10 bits per heavy atom. The van der Waals surface area contributed by atoms with Crippen molar-refractivity contribution in [3.8, 4) is 11.3 Å². The van der Waals surface area contributed by atoms with Gasteiger partial charge in [-0.05, 0) is 19.2 Å². The van der Waals surface area contributed by atoms with E-state index in [1.807, 2.05) is 17.0 Å². The van der Waals surface area contributed by atoms with E-state index < -0.39 is 0 Å². The maximum absolute atomic E-state index is 12.3. The van der Waals surface area contributed by atoms with Crippen LogP contribution in [0.15, 0.2) is 35.1 Å². The van der Waals surface area contributed by atoms with Crippen LogP contribution in [0, 0.1) is 0 Å². The summed E-state index contributed by atoms with van der Waals surface area (Å²) in [5.41, 5.74) is 1.17. The van der Waals surface area contributed by atoms with Crippen LogP contribution in [0.25, 0.3) is 11.3 Å². The molecule has 6 heteroatoms. The van der Waals surface area contributed by atoms with Gasteiger partial charge in [0.05, 0.1) is 0 Å². The molecule has 0 unspecified atom stereocenters. The molecule has 0 aromatic carbocycles. The van der Waals surface area contributed by atoms with E-state index >= 15 is 0 Å². The van der Waals surface area contributed by atoms with Crippen LogP contribution in [0.4, 0.5) is 0 Å². The lowest BCUT2D eigenvalue weighted by molar-refractivity contribution is 0.0654. The van der Waals surface area contributed by atoms with Crippen LogP contribution < -0.4 is 0 Å². The summed E-state index contributed by atoms with van der Waals surface area (Å²) in [5, 5.41) is 3.88. The molecule has 3 rings (SSSR count). The summed E-state index contributed by atoms with van der Waals surface area (Å²) in [6.45, 7) is 3.23. The predicted molar refractivity (Wildman–Crippen MR) is 73.1 cm³/mol. The zero-order chi connectivity index (χ0) is 13.9. The Hall–Kier alpha value is -2.21. The molecule has 1 aliphatic heterocycles.